The summed E-state index contributed by atoms with van der Waals surface area (Å²) in [7, 11) is 2.48. The summed E-state index contributed by atoms with van der Waals surface area (Å²) in [5.41, 5.74) is 6.60. The largest absolute Gasteiger partial charge is 0.316 e. The maximum absolute atomic E-state index is 3.94. The first kappa shape index (κ1) is 30.3. The van der Waals surface area contributed by atoms with Crippen LogP contribution >= 0.6 is 17.2 Å². The molecular weight excluding hydrogens is 586 g/mol. The Balaban J connectivity index is 1.22. The Morgan fingerprint density at radius 2 is 1.16 bits per heavy atom. The zero-order valence-electron chi connectivity index (χ0n) is 28.3. The summed E-state index contributed by atoms with van der Waals surface area (Å²) in [6.45, 7) is 12.9. The van der Waals surface area contributed by atoms with E-state index in [0.717, 1.165) is 46.8 Å². The lowest BCUT2D eigenvalue weighted by molar-refractivity contribution is -0.158. The van der Waals surface area contributed by atoms with Gasteiger partial charge in [0.25, 0.3) is 0 Å². The average molecular weight is 649 g/mol. The van der Waals surface area contributed by atoms with Gasteiger partial charge in [-0.15, -0.1) is 9.24 Å². The van der Waals surface area contributed by atoms with Gasteiger partial charge >= 0.3 is 0 Å². The van der Waals surface area contributed by atoms with Crippen LogP contribution in [0.4, 0.5) is 0 Å². The molecule has 0 radical (unpaired) electrons. The van der Waals surface area contributed by atoms with Gasteiger partial charge in [-0.05, 0) is 178 Å². The number of hydrogen-bond acceptors (Lipinski definition) is 2. The van der Waals surface area contributed by atoms with Gasteiger partial charge in [-0.2, -0.15) is 0 Å². The van der Waals surface area contributed by atoms with Crippen molar-refractivity contribution in [3.8, 4) is 0 Å². The van der Waals surface area contributed by atoms with Gasteiger partial charge in [0.15, 0.2) is 0 Å². The van der Waals surface area contributed by atoms with Gasteiger partial charge in [0.1, 0.15) is 0 Å². The van der Waals surface area contributed by atoms with Crippen molar-refractivity contribution in [1.29, 1.82) is 0 Å². The molecule has 8 aliphatic carbocycles. The summed E-state index contributed by atoms with van der Waals surface area (Å²) in [5.74, 6) is 6.12. The quantitative estimate of drug-likeness (QED) is 0.218. The van der Waals surface area contributed by atoms with E-state index in [9.17, 15) is 0 Å². The second kappa shape index (κ2) is 10.9. The Labute approximate surface area is 274 Å². The van der Waals surface area contributed by atoms with E-state index in [4.69, 9.17) is 0 Å². The Kier molecular flexibility index (Phi) is 7.48. The maximum Gasteiger partial charge on any atom is 0.0776 e. The molecule has 8 bridgehead atoms. The molecule has 10 aliphatic rings. The third-order valence-electron chi connectivity index (χ3n) is 15.5. The van der Waals surface area contributed by atoms with E-state index in [-0.39, 0.29) is 13.1 Å². The Hall–Kier alpha value is 0.217. The van der Waals surface area contributed by atoms with Crippen LogP contribution in [0.25, 0.3) is 0 Å². The SMILES string of the molecule is C[Si](C)(C)c1ccc(C(P)(C23CC4CC(CC(C4)C2)C3)C23CC4CC(CC(C4)C2)C3)c(CP(C2CCNC2)C2CCNC2)c1. The average Bonchev–Trinajstić information content (AvgIpc) is 3.69. The number of rotatable bonds is 8. The topological polar surface area (TPSA) is 24.1 Å². The van der Waals surface area contributed by atoms with Crippen LogP contribution in [-0.4, -0.2) is 45.6 Å². The van der Waals surface area contributed by atoms with Gasteiger partial charge in [-0.3, -0.25) is 0 Å². The first-order valence-electron chi connectivity index (χ1n) is 19.2. The molecule has 3 unspecified atom stereocenters. The van der Waals surface area contributed by atoms with E-state index in [1.165, 1.54) is 45.2 Å². The minimum absolute atomic E-state index is 0.0360. The summed E-state index contributed by atoms with van der Waals surface area (Å²) in [4.78, 5) is 0. The van der Waals surface area contributed by atoms with Crippen LogP contribution in [0.3, 0.4) is 0 Å². The van der Waals surface area contributed by atoms with Gasteiger partial charge < -0.3 is 10.6 Å². The summed E-state index contributed by atoms with van der Waals surface area (Å²) in [5, 5.41) is 9.63. The maximum atomic E-state index is 3.94. The van der Waals surface area contributed by atoms with Crippen LogP contribution in [0.2, 0.25) is 19.6 Å². The number of benzene rings is 1. The highest BCUT2D eigenvalue weighted by molar-refractivity contribution is 7.58. The highest BCUT2D eigenvalue weighted by Crippen LogP contribution is 2.78. The normalized spacial score (nSPS) is 46.1. The molecule has 1 aromatic rings. The third-order valence-corrected chi connectivity index (χ3v) is 22.5. The van der Waals surface area contributed by atoms with Crippen molar-refractivity contribution in [1.82, 2.24) is 10.6 Å². The van der Waals surface area contributed by atoms with E-state index in [1.807, 2.05) is 11.1 Å². The zero-order valence-corrected chi connectivity index (χ0v) is 31.4. The second-order valence-electron chi connectivity index (χ2n) is 19.3. The van der Waals surface area contributed by atoms with E-state index in [0.29, 0.717) is 10.8 Å². The molecule has 2 saturated heterocycles. The van der Waals surface area contributed by atoms with Crippen LogP contribution in [0.1, 0.15) is 101 Å². The van der Waals surface area contributed by atoms with Gasteiger partial charge in [0.2, 0.25) is 0 Å². The first-order valence-corrected chi connectivity index (χ1v) is 25.0. The molecule has 2 nitrogen and oxygen atoms in total. The van der Waals surface area contributed by atoms with Crippen LogP contribution < -0.4 is 15.8 Å². The van der Waals surface area contributed by atoms with Crippen molar-refractivity contribution in [3.63, 3.8) is 0 Å². The van der Waals surface area contributed by atoms with Crippen LogP contribution in [0, 0.1) is 46.3 Å². The molecule has 5 heteroatoms. The lowest BCUT2D eigenvalue weighted by atomic mass is 9.37. The Morgan fingerprint density at radius 3 is 1.52 bits per heavy atom. The summed E-state index contributed by atoms with van der Waals surface area (Å²) < 4.78 is 0. The smallest absolute Gasteiger partial charge is 0.0776 e. The second-order valence-corrected chi connectivity index (χ2v) is 28.0. The van der Waals surface area contributed by atoms with Gasteiger partial charge in [0.05, 0.1) is 8.07 Å². The van der Waals surface area contributed by atoms with Gasteiger partial charge in [-0.1, -0.05) is 50.9 Å². The van der Waals surface area contributed by atoms with E-state index >= 15 is 0 Å². The highest BCUT2D eigenvalue weighted by atomic mass is 31.1. The minimum atomic E-state index is -1.43. The van der Waals surface area contributed by atoms with Crippen molar-refractivity contribution in [2.45, 2.75) is 132 Å². The van der Waals surface area contributed by atoms with E-state index in [2.05, 4.69) is 57.7 Å². The van der Waals surface area contributed by atoms with Gasteiger partial charge in [-0.25, -0.2) is 0 Å². The molecule has 0 spiro atoms. The van der Waals surface area contributed by atoms with E-state index in [1.54, 1.807) is 82.2 Å². The third kappa shape index (κ3) is 4.72. The molecule has 2 heterocycles. The first-order chi connectivity index (χ1) is 21.1. The van der Waals surface area contributed by atoms with Crippen LogP contribution in [0.5, 0.6) is 0 Å². The lowest BCUT2D eigenvalue weighted by Crippen LogP contribution is -2.64. The molecule has 8 saturated carbocycles. The lowest BCUT2D eigenvalue weighted by Gasteiger charge is -2.72. The van der Waals surface area contributed by atoms with Crippen LogP contribution in [0.15, 0.2) is 18.2 Å². The predicted molar refractivity (Wildman–Crippen MR) is 195 cm³/mol. The predicted octanol–water partition coefficient (Wildman–Crippen LogP) is 8.44. The van der Waals surface area contributed by atoms with Gasteiger partial charge in [0, 0.05) is 18.2 Å². The molecule has 242 valence electrons. The summed E-state index contributed by atoms with van der Waals surface area (Å²) in [6.07, 6.45) is 22.9. The standard InChI is InChI=1S/C39H62N2P2Si/c1-44(2,3)35-4-5-36(32(16-35)25-43(33-6-8-40-23-33)34-7-9-41-24-34)39(42,37-17-26-10-27(18-37)12-28(11-26)19-37)38-20-29-13-30(21-38)15-31(14-29)22-38/h4-5,16,26-31,33-34,40-41H,6-15,17-25,42H2,1-3H3. The van der Waals surface area contributed by atoms with Crippen molar-refractivity contribution in [3.05, 3.63) is 29.3 Å². The van der Waals surface area contributed by atoms with E-state index < -0.39 is 8.07 Å². The fraction of sp³-hybridized carbons (Fsp3) is 0.846. The molecular formula is C39H62N2P2Si. The molecule has 3 atom stereocenters. The molecule has 10 fully saturated rings. The number of nitrogens with one attached hydrogen (secondary N) is 2. The summed E-state index contributed by atoms with van der Waals surface area (Å²) >= 11 is 0. The van der Waals surface area contributed by atoms with Crippen molar-refractivity contribution in [2.24, 2.45) is 46.3 Å². The molecule has 44 heavy (non-hydrogen) atoms. The molecule has 0 aromatic heterocycles. The molecule has 2 aliphatic heterocycles. The molecule has 1 aromatic carbocycles. The zero-order chi connectivity index (χ0) is 29.9. The fourth-order valence-corrected chi connectivity index (χ4v) is 20.1. The van der Waals surface area contributed by atoms with Crippen molar-refractivity contribution < 1.29 is 0 Å². The monoisotopic (exact) mass is 648 g/mol. The highest BCUT2D eigenvalue weighted by Gasteiger charge is 2.69. The number of hydrogen-bond donors (Lipinski definition) is 2. The van der Waals surface area contributed by atoms with Crippen molar-refractivity contribution in [2.75, 3.05) is 26.2 Å². The Morgan fingerprint density at radius 1 is 0.727 bits per heavy atom. The van der Waals surface area contributed by atoms with Crippen molar-refractivity contribution >= 4 is 30.4 Å². The minimum Gasteiger partial charge on any atom is -0.316 e. The molecule has 0 amide bonds. The molecule has 2 N–H and O–H groups in total. The fourth-order valence-electron chi connectivity index (χ4n) is 14.5. The van der Waals surface area contributed by atoms with Crippen LogP contribution in [-0.2, 0) is 11.3 Å². The molecule has 11 rings (SSSR count). The Bertz CT molecular complexity index is 1130. The summed E-state index contributed by atoms with van der Waals surface area (Å²) in [6, 6.07) is 8.41.